The van der Waals surface area contributed by atoms with Crippen LogP contribution in [0.1, 0.15) is 24.0 Å². The van der Waals surface area contributed by atoms with E-state index in [0.717, 1.165) is 24.0 Å². The van der Waals surface area contributed by atoms with E-state index in [2.05, 4.69) is 0 Å². The summed E-state index contributed by atoms with van der Waals surface area (Å²) in [5, 5.41) is 33.4. The highest BCUT2D eigenvalue weighted by atomic mass is 16.3. The maximum absolute atomic E-state index is 8.64. The summed E-state index contributed by atoms with van der Waals surface area (Å²) >= 11 is 0. The van der Waals surface area contributed by atoms with Crippen LogP contribution in [0, 0.1) is 0 Å². The molecule has 0 aliphatic carbocycles. The van der Waals surface area contributed by atoms with Gasteiger partial charge in [-0.15, -0.1) is 0 Å². The Labute approximate surface area is 95.8 Å². The number of hydrogen-bond donors (Lipinski definition) is 4. The van der Waals surface area contributed by atoms with Crippen molar-refractivity contribution in [3.05, 3.63) is 35.4 Å². The number of aliphatic hydroxyl groups is 4. The van der Waals surface area contributed by atoms with Crippen molar-refractivity contribution in [3.8, 4) is 0 Å². The Hall–Kier alpha value is -0.940. The number of rotatable bonds is 5. The summed E-state index contributed by atoms with van der Waals surface area (Å²) in [6.45, 7) is 0.512. The van der Waals surface area contributed by atoms with Crippen molar-refractivity contribution in [2.24, 2.45) is 0 Å². The topological polar surface area (TPSA) is 80.9 Å². The molecule has 0 aromatic heterocycles. The van der Waals surface area contributed by atoms with Crippen molar-refractivity contribution in [2.45, 2.75) is 26.1 Å². The average molecular weight is 228 g/mol. The molecule has 0 saturated carbocycles. The second-order valence-electron chi connectivity index (χ2n) is 3.29. The number of benzene rings is 1. The first-order valence-corrected chi connectivity index (χ1v) is 5.29. The fraction of sp³-hybridized carbons (Fsp3) is 0.500. The van der Waals surface area contributed by atoms with E-state index in [1.807, 2.05) is 0 Å². The van der Waals surface area contributed by atoms with E-state index in [1.54, 1.807) is 24.3 Å². The third-order valence-electron chi connectivity index (χ3n) is 1.95. The molecule has 0 unspecified atom stereocenters. The fourth-order valence-corrected chi connectivity index (χ4v) is 0.974. The van der Waals surface area contributed by atoms with E-state index in [4.69, 9.17) is 20.4 Å². The van der Waals surface area contributed by atoms with Gasteiger partial charge in [0.05, 0.1) is 13.2 Å². The van der Waals surface area contributed by atoms with Crippen LogP contribution in [0.5, 0.6) is 0 Å². The molecule has 0 aliphatic rings. The molecule has 0 atom stereocenters. The second kappa shape index (κ2) is 10.6. The molecule has 0 amide bonds. The lowest BCUT2D eigenvalue weighted by molar-refractivity contribution is 0.242. The third-order valence-corrected chi connectivity index (χ3v) is 1.95. The maximum atomic E-state index is 8.64. The minimum Gasteiger partial charge on any atom is -0.396 e. The number of unbranched alkanes of at least 4 members (excludes halogenated alkanes) is 1. The summed E-state index contributed by atoms with van der Waals surface area (Å²) in [4.78, 5) is 0. The van der Waals surface area contributed by atoms with Crippen LogP contribution in [0.15, 0.2) is 24.3 Å². The van der Waals surface area contributed by atoms with Crippen molar-refractivity contribution >= 4 is 0 Å². The lowest BCUT2D eigenvalue weighted by Gasteiger charge is -1.96. The van der Waals surface area contributed by atoms with Crippen LogP contribution in [0.3, 0.4) is 0 Å². The molecule has 0 spiro atoms. The minimum atomic E-state index is 0.0612. The Balaban J connectivity index is 0.000000325. The molecule has 1 aromatic rings. The van der Waals surface area contributed by atoms with Gasteiger partial charge >= 0.3 is 0 Å². The molecular formula is C12H20O4. The molecular weight excluding hydrogens is 208 g/mol. The van der Waals surface area contributed by atoms with Crippen molar-refractivity contribution < 1.29 is 20.4 Å². The zero-order valence-electron chi connectivity index (χ0n) is 9.34. The van der Waals surface area contributed by atoms with E-state index >= 15 is 0 Å². The first kappa shape index (κ1) is 15.1. The molecule has 4 nitrogen and oxygen atoms in total. The van der Waals surface area contributed by atoms with E-state index in [1.165, 1.54) is 0 Å². The van der Waals surface area contributed by atoms with Crippen LogP contribution < -0.4 is 0 Å². The van der Waals surface area contributed by atoms with Gasteiger partial charge in [0.25, 0.3) is 0 Å². The van der Waals surface area contributed by atoms with E-state index in [9.17, 15) is 0 Å². The molecule has 1 aromatic carbocycles. The molecule has 92 valence electrons. The maximum Gasteiger partial charge on any atom is 0.0681 e. The molecule has 16 heavy (non-hydrogen) atoms. The van der Waals surface area contributed by atoms with E-state index in [0.29, 0.717) is 0 Å². The molecule has 0 fully saturated rings. The van der Waals surface area contributed by atoms with Crippen LogP contribution in [0.25, 0.3) is 0 Å². The van der Waals surface area contributed by atoms with Gasteiger partial charge in [-0.3, -0.25) is 0 Å². The van der Waals surface area contributed by atoms with Gasteiger partial charge < -0.3 is 20.4 Å². The normalized spacial score (nSPS) is 9.50. The lowest BCUT2D eigenvalue weighted by atomic mass is 10.1. The highest BCUT2D eigenvalue weighted by Gasteiger charge is 1.89. The SMILES string of the molecule is OCCCCO.OCc1ccc(CO)cc1. The van der Waals surface area contributed by atoms with Crippen molar-refractivity contribution in [1.82, 2.24) is 0 Å². The van der Waals surface area contributed by atoms with Gasteiger partial charge in [-0.05, 0) is 24.0 Å². The first-order valence-electron chi connectivity index (χ1n) is 5.29. The van der Waals surface area contributed by atoms with Crippen molar-refractivity contribution in [3.63, 3.8) is 0 Å². The third kappa shape index (κ3) is 7.36. The zero-order valence-corrected chi connectivity index (χ0v) is 9.34. The quantitative estimate of drug-likeness (QED) is 0.551. The number of hydrogen-bond acceptors (Lipinski definition) is 4. The van der Waals surface area contributed by atoms with Crippen LogP contribution >= 0.6 is 0 Å². The van der Waals surface area contributed by atoms with Gasteiger partial charge in [-0.1, -0.05) is 24.3 Å². The molecule has 0 saturated heterocycles. The highest BCUT2D eigenvalue weighted by molar-refractivity contribution is 5.21. The lowest BCUT2D eigenvalue weighted by Crippen LogP contribution is -1.85. The van der Waals surface area contributed by atoms with Crippen molar-refractivity contribution in [1.29, 1.82) is 0 Å². The molecule has 0 aliphatic heterocycles. The molecule has 4 N–H and O–H groups in total. The average Bonchev–Trinajstić information content (AvgIpc) is 2.37. The predicted octanol–water partition coefficient (Wildman–Crippen LogP) is 0.422. The number of aliphatic hydroxyl groups excluding tert-OH is 4. The van der Waals surface area contributed by atoms with Gasteiger partial charge in [0.15, 0.2) is 0 Å². The zero-order chi connectivity index (χ0) is 12.2. The Kier molecular flexibility index (Phi) is 9.95. The Morgan fingerprint density at radius 2 is 0.938 bits per heavy atom. The van der Waals surface area contributed by atoms with Gasteiger partial charge in [0.1, 0.15) is 0 Å². The summed E-state index contributed by atoms with van der Waals surface area (Å²) in [5.74, 6) is 0. The van der Waals surface area contributed by atoms with E-state index in [-0.39, 0.29) is 26.4 Å². The highest BCUT2D eigenvalue weighted by Crippen LogP contribution is 2.03. The summed E-state index contributed by atoms with van der Waals surface area (Å²) in [6, 6.07) is 7.19. The summed E-state index contributed by atoms with van der Waals surface area (Å²) < 4.78 is 0. The summed E-state index contributed by atoms with van der Waals surface area (Å²) in [5.41, 5.74) is 1.74. The molecule has 0 heterocycles. The minimum absolute atomic E-state index is 0.0612. The smallest absolute Gasteiger partial charge is 0.0681 e. The Morgan fingerprint density at radius 3 is 1.12 bits per heavy atom. The predicted molar refractivity (Wildman–Crippen MR) is 61.7 cm³/mol. The van der Waals surface area contributed by atoms with E-state index < -0.39 is 0 Å². The molecule has 0 radical (unpaired) electrons. The van der Waals surface area contributed by atoms with Crippen LogP contribution in [0.2, 0.25) is 0 Å². The van der Waals surface area contributed by atoms with Gasteiger partial charge in [-0.2, -0.15) is 0 Å². The fourth-order valence-electron chi connectivity index (χ4n) is 0.974. The molecule has 1 rings (SSSR count). The summed E-state index contributed by atoms with van der Waals surface area (Å²) in [7, 11) is 0. The monoisotopic (exact) mass is 228 g/mol. The van der Waals surface area contributed by atoms with Gasteiger partial charge in [0.2, 0.25) is 0 Å². The molecule has 4 heteroatoms. The Morgan fingerprint density at radius 1 is 0.625 bits per heavy atom. The molecule has 0 bridgehead atoms. The second-order valence-corrected chi connectivity index (χ2v) is 3.29. The van der Waals surface area contributed by atoms with Gasteiger partial charge in [0, 0.05) is 13.2 Å². The van der Waals surface area contributed by atoms with Crippen LogP contribution in [0.4, 0.5) is 0 Å². The first-order chi connectivity index (χ1) is 7.78. The van der Waals surface area contributed by atoms with Crippen molar-refractivity contribution in [2.75, 3.05) is 13.2 Å². The van der Waals surface area contributed by atoms with Crippen LogP contribution in [-0.2, 0) is 13.2 Å². The largest absolute Gasteiger partial charge is 0.396 e. The standard InChI is InChI=1S/C8H10O2.C4H10O2/c9-5-7-1-2-8(6-10)4-3-7;5-3-1-2-4-6/h1-4,9-10H,5-6H2;5-6H,1-4H2. The summed E-state index contributed by atoms with van der Waals surface area (Å²) in [6.07, 6.45) is 1.44. The van der Waals surface area contributed by atoms with Crippen LogP contribution in [-0.4, -0.2) is 33.6 Å². The van der Waals surface area contributed by atoms with Gasteiger partial charge in [-0.25, -0.2) is 0 Å². The Bertz CT molecular complexity index is 219.